The summed E-state index contributed by atoms with van der Waals surface area (Å²) in [7, 11) is 0. The van der Waals surface area contributed by atoms with E-state index in [1.54, 1.807) is 6.07 Å². The van der Waals surface area contributed by atoms with Gasteiger partial charge in [-0.1, -0.05) is 44.2 Å². The van der Waals surface area contributed by atoms with Gasteiger partial charge in [-0.05, 0) is 41.3 Å². The van der Waals surface area contributed by atoms with Gasteiger partial charge in [0.05, 0.1) is 0 Å². The number of hydrogen-bond acceptors (Lipinski definition) is 1. The first-order chi connectivity index (χ1) is 9.06. The van der Waals surface area contributed by atoms with Crippen LogP contribution in [0.4, 0.5) is 4.39 Å². The Morgan fingerprint density at radius 2 is 1.74 bits per heavy atom. The highest BCUT2D eigenvalue weighted by molar-refractivity contribution is 5.67. The molecule has 0 heterocycles. The molecule has 2 aromatic carbocycles. The SMILES string of the molecule is Cc1ccc(F)cc1-c1ccc(CNC(C)C)cc1. The lowest BCUT2D eigenvalue weighted by Crippen LogP contribution is -2.21. The van der Waals surface area contributed by atoms with Crippen molar-refractivity contribution in [2.45, 2.75) is 33.4 Å². The van der Waals surface area contributed by atoms with E-state index in [2.05, 4.69) is 43.4 Å². The van der Waals surface area contributed by atoms with E-state index in [9.17, 15) is 4.39 Å². The Morgan fingerprint density at radius 1 is 1.05 bits per heavy atom. The van der Waals surface area contributed by atoms with Crippen LogP contribution >= 0.6 is 0 Å². The summed E-state index contributed by atoms with van der Waals surface area (Å²) in [6.07, 6.45) is 0. The van der Waals surface area contributed by atoms with Crippen LogP contribution in [-0.4, -0.2) is 6.04 Å². The van der Waals surface area contributed by atoms with Crippen molar-refractivity contribution in [3.8, 4) is 11.1 Å². The van der Waals surface area contributed by atoms with Crippen molar-refractivity contribution in [2.75, 3.05) is 0 Å². The van der Waals surface area contributed by atoms with Gasteiger partial charge in [-0.15, -0.1) is 0 Å². The van der Waals surface area contributed by atoms with Gasteiger partial charge >= 0.3 is 0 Å². The minimum absolute atomic E-state index is 0.189. The maximum Gasteiger partial charge on any atom is 0.123 e. The van der Waals surface area contributed by atoms with Crippen molar-refractivity contribution >= 4 is 0 Å². The van der Waals surface area contributed by atoms with Gasteiger partial charge in [0.1, 0.15) is 5.82 Å². The minimum Gasteiger partial charge on any atom is -0.310 e. The Kier molecular flexibility index (Phi) is 4.33. The Hall–Kier alpha value is -1.67. The summed E-state index contributed by atoms with van der Waals surface area (Å²) in [4.78, 5) is 0. The second kappa shape index (κ2) is 5.98. The maximum atomic E-state index is 13.3. The molecule has 2 heteroatoms. The Balaban J connectivity index is 2.20. The molecule has 2 rings (SSSR count). The second-order valence-electron chi connectivity index (χ2n) is 5.19. The first kappa shape index (κ1) is 13.8. The van der Waals surface area contributed by atoms with Crippen molar-refractivity contribution < 1.29 is 4.39 Å². The molecule has 0 radical (unpaired) electrons. The van der Waals surface area contributed by atoms with Gasteiger partial charge in [-0.25, -0.2) is 4.39 Å². The molecule has 0 unspecified atom stereocenters. The zero-order valence-corrected chi connectivity index (χ0v) is 11.7. The van der Waals surface area contributed by atoms with Crippen LogP contribution in [0.25, 0.3) is 11.1 Å². The van der Waals surface area contributed by atoms with Crippen molar-refractivity contribution in [3.05, 3.63) is 59.4 Å². The quantitative estimate of drug-likeness (QED) is 0.861. The van der Waals surface area contributed by atoms with E-state index < -0.39 is 0 Å². The van der Waals surface area contributed by atoms with Crippen LogP contribution in [0.5, 0.6) is 0 Å². The van der Waals surface area contributed by atoms with E-state index in [4.69, 9.17) is 0 Å². The number of hydrogen-bond donors (Lipinski definition) is 1. The van der Waals surface area contributed by atoms with Crippen LogP contribution in [0.2, 0.25) is 0 Å². The zero-order valence-electron chi connectivity index (χ0n) is 11.7. The molecule has 1 N–H and O–H groups in total. The highest BCUT2D eigenvalue weighted by Gasteiger charge is 2.04. The Morgan fingerprint density at radius 3 is 2.37 bits per heavy atom. The van der Waals surface area contributed by atoms with Gasteiger partial charge in [0.15, 0.2) is 0 Å². The van der Waals surface area contributed by atoms with Crippen LogP contribution in [0.15, 0.2) is 42.5 Å². The highest BCUT2D eigenvalue weighted by Crippen LogP contribution is 2.24. The minimum atomic E-state index is -0.189. The Labute approximate surface area is 114 Å². The van der Waals surface area contributed by atoms with Crippen molar-refractivity contribution in [3.63, 3.8) is 0 Å². The summed E-state index contributed by atoms with van der Waals surface area (Å²) in [6, 6.07) is 13.7. The van der Waals surface area contributed by atoms with Gasteiger partial charge in [0, 0.05) is 12.6 Å². The van der Waals surface area contributed by atoms with E-state index in [-0.39, 0.29) is 5.82 Å². The zero-order chi connectivity index (χ0) is 13.8. The third-order valence-electron chi connectivity index (χ3n) is 3.18. The van der Waals surface area contributed by atoms with E-state index in [0.29, 0.717) is 6.04 Å². The number of aryl methyl sites for hydroxylation is 1. The average Bonchev–Trinajstić information content (AvgIpc) is 2.40. The third kappa shape index (κ3) is 3.65. The normalized spacial score (nSPS) is 11.0. The molecular formula is C17H20FN. The molecule has 100 valence electrons. The molecular weight excluding hydrogens is 237 g/mol. The predicted octanol–water partition coefficient (Wildman–Crippen LogP) is 4.30. The molecule has 0 amide bonds. The van der Waals surface area contributed by atoms with Crippen LogP contribution in [-0.2, 0) is 6.54 Å². The molecule has 0 spiro atoms. The standard InChI is InChI=1S/C17H20FN/c1-12(2)19-11-14-5-7-15(8-6-14)17-10-16(18)9-4-13(17)3/h4-10,12,19H,11H2,1-3H3. The van der Waals surface area contributed by atoms with Gasteiger partial charge in [0.25, 0.3) is 0 Å². The summed E-state index contributed by atoms with van der Waals surface area (Å²) in [5, 5.41) is 3.38. The van der Waals surface area contributed by atoms with Crippen LogP contribution in [0.3, 0.4) is 0 Å². The third-order valence-corrected chi connectivity index (χ3v) is 3.18. The Bertz CT molecular complexity index is 544. The molecule has 0 bridgehead atoms. The average molecular weight is 257 g/mol. The highest BCUT2D eigenvalue weighted by atomic mass is 19.1. The van der Waals surface area contributed by atoms with Gasteiger partial charge in [0.2, 0.25) is 0 Å². The fraction of sp³-hybridized carbons (Fsp3) is 0.294. The van der Waals surface area contributed by atoms with Crippen LogP contribution in [0.1, 0.15) is 25.0 Å². The van der Waals surface area contributed by atoms with E-state index in [0.717, 1.165) is 23.2 Å². The first-order valence-corrected chi connectivity index (χ1v) is 6.65. The fourth-order valence-corrected chi connectivity index (χ4v) is 2.03. The largest absolute Gasteiger partial charge is 0.310 e. The molecule has 0 atom stereocenters. The topological polar surface area (TPSA) is 12.0 Å². The van der Waals surface area contributed by atoms with E-state index in [1.807, 2.05) is 13.0 Å². The summed E-state index contributed by atoms with van der Waals surface area (Å²) < 4.78 is 13.3. The summed E-state index contributed by atoms with van der Waals surface area (Å²) in [5.41, 5.74) is 4.36. The van der Waals surface area contributed by atoms with Crippen molar-refractivity contribution in [1.29, 1.82) is 0 Å². The van der Waals surface area contributed by atoms with E-state index >= 15 is 0 Å². The number of rotatable bonds is 4. The molecule has 0 fully saturated rings. The smallest absolute Gasteiger partial charge is 0.123 e. The number of benzene rings is 2. The summed E-state index contributed by atoms with van der Waals surface area (Å²) in [5.74, 6) is -0.189. The molecule has 2 aromatic rings. The number of nitrogens with one attached hydrogen (secondary N) is 1. The predicted molar refractivity (Wildman–Crippen MR) is 78.5 cm³/mol. The molecule has 1 nitrogen and oxygen atoms in total. The van der Waals surface area contributed by atoms with Gasteiger partial charge < -0.3 is 5.32 Å². The summed E-state index contributed by atoms with van der Waals surface area (Å²) >= 11 is 0. The van der Waals surface area contributed by atoms with E-state index in [1.165, 1.54) is 11.6 Å². The van der Waals surface area contributed by atoms with Crippen LogP contribution in [0, 0.1) is 12.7 Å². The lowest BCUT2D eigenvalue weighted by atomic mass is 9.99. The lowest BCUT2D eigenvalue weighted by Gasteiger charge is -2.10. The maximum absolute atomic E-state index is 13.3. The molecule has 0 saturated carbocycles. The monoisotopic (exact) mass is 257 g/mol. The molecule has 0 aliphatic heterocycles. The fourth-order valence-electron chi connectivity index (χ4n) is 2.03. The van der Waals surface area contributed by atoms with Crippen molar-refractivity contribution in [1.82, 2.24) is 5.32 Å². The molecule has 0 aliphatic rings. The first-order valence-electron chi connectivity index (χ1n) is 6.65. The molecule has 0 aromatic heterocycles. The lowest BCUT2D eigenvalue weighted by molar-refractivity contribution is 0.589. The van der Waals surface area contributed by atoms with Crippen molar-refractivity contribution in [2.24, 2.45) is 0 Å². The molecule has 0 saturated heterocycles. The molecule has 19 heavy (non-hydrogen) atoms. The summed E-state index contributed by atoms with van der Waals surface area (Å²) in [6.45, 7) is 7.12. The second-order valence-corrected chi connectivity index (χ2v) is 5.19. The number of halogens is 1. The van der Waals surface area contributed by atoms with Gasteiger partial charge in [-0.2, -0.15) is 0 Å². The van der Waals surface area contributed by atoms with Crippen LogP contribution < -0.4 is 5.32 Å². The molecule has 0 aliphatic carbocycles. The van der Waals surface area contributed by atoms with Gasteiger partial charge in [-0.3, -0.25) is 0 Å².